The molecule has 1 heterocycles. The molecule has 0 aliphatic heterocycles. The third kappa shape index (κ3) is 1.29. The average molecular weight is 140 g/mol. The molecule has 56 valence electrons. The van der Waals surface area contributed by atoms with Crippen molar-refractivity contribution in [2.75, 3.05) is 6.61 Å². The maximum atomic E-state index is 5.26. The standard InChI is InChI=1S/C7H12N2O/c1-4-10-7-5-6(2)8-9(7)3/h5H,4H2,1-3H3. The van der Waals surface area contributed by atoms with E-state index in [9.17, 15) is 0 Å². The zero-order valence-corrected chi connectivity index (χ0v) is 6.59. The van der Waals surface area contributed by atoms with E-state index in [2.05, 4.69) is 5.10 Å². The van der Waals surface area contributed by atoms with Crippen LogP contribution in [0.1, 0.15) is 12.6 Å². The second-order valence-electron chi connectivity index (χ2n) is 2.18. The molecule has 0 aliphatic rings. The van der Waals surface area contributed by atoms with Crippen LogP contribution in [0.5, 0.6) is 5.88 Å². The summed E-state index contributed by atoms with van der Waals surface area (Å²) in [4.78, 5) is 0. The molecule has 0 fully saturated rings. The zero-order chi connectivity index (χ0) is 7.56. The Morgan fingerprint density at radius 3 is 2.80 bits per heavy atom. The third-order valence-corrected chi connectivity index (χ3v) is 1.25. The molecule has 3 nitrogen and oxygen atoms in total. The van der Waals surface area contributed by atoms with E-state index >= 15 is 0 Å². The van der Waals surface area contributed by atoms with Crippen molar-refractivity contribution in [1.29, 1.82) is 0 Å². The number of aryl methyl sites for hydroxylation is 2. The Balaban J connectivity index is 2.81. The summed E-state index contributed by atoms with van der Waals surface area (Å²) < 4.78 is 6.99. The molecule has 0 unspecified atom stereocenters. The summed E-state index contributed by atoms with van der Waals surface area (Å²) in [5, 5.41) is 4.12. The summed E-state index contributed by atoms with van der Waals surface area (Å²) in [7, 11) is 1.87. The van der Waals surface area contributed by atoms with Gasteiger partial charge in [-0.05, 0) is 13.8 Å². The molecule has 0 bridgehead atoms. The molecule has 0 saturated carbocycles. The SMILES string of the molecule is CCOc1cc(C)nn1C. The Hall–Kier alpha value is -0.990. The molecule has 0 aromatic carbocycles. The summed E-state index contributed by atoms with van der Waals surface area (Å²) in [5.74, 6) is 0.833. The summed E-state index contributed by atoms with van der Waals surface area (Å²) >= 11 is 0. The first-order valence-electron chi connectivity index (χ1n) is 3.37. The fourth-order valence-electron chi connectivity index (χ4n) is 0.870. The van der Waals surface area contributed by atoms with Crippen molar-refractivity contribution in [3.05, 3.63) is 11.8 Å². The van der Waals surface area contributed by atoms with Gasteiger partial charge in [0.1, 0.15) is 0 Å². The van der Waals surface area contributed by atoms with Gasteiger partial charge in [0.2, 0.25) is 5.88 Å². The predicted molar refractivity (Wildman–Crippen MR) is 39.1 cm³/mol. The highest BCUT2D eigenvalue weighted by Crippen LogP contribution is 2.09. The smallest absolute Gasteiger partial charge is 0.211 e. The van der Waals surface area contributed by atoms with Crippen LogP contribution < -0.4 is 4.74 Å². The van der Waals surface area contributed by atoms with Crippen LogP contribution in [0.25, 0.3) is 0 Å². The van der Waals surface area contributed by atoms with Crippen LogP contribution in [0.15, 0.2) is 6.07 Å². The molecule has 1 aromatic heterocycles. The van der Waals surface area contributed by atoms with Crippen LogP contribution in [0.4, 0.5) is 0 Å². The van der Waals surface area contributed by atoms with Crippen molar-refractivity contribution in [3.8, 4) is 5.88 Å². The normalized spacial score (nSPS) is 9.90. The first kappa shape index (κ1) is 7.12. The van der Waals surface area contributed by atoms with Crippen LogP contribution in [-0.2, 0) is 7.05 Å². The number of hydrogen-bond donors (Lipinski definition) is 0. The minimum absolute atomic E-state index is 0.693. The molecule has 1 rings (SSSR count). The lowest BCUT2D eigenvalue weighted by molar-refractivity contribution is 0.309. The van der Waals surface area contributed by atoms with E-state index in [0.717, 1.165) is 11.6 Å². The van der Waals surface area contributed by atoms with Crippen molar-refractivity contribution in [1.82, 2.24) is 9.78 Å². The van der Waals surface area contributed by atoms with Crippen LogP contribution >= 0.6 is 0 Å². The van der Waals surface area contributed by atoms with Crippen molar-refractivity contribution in [2.45, 2.75) is 13.8 Å². The van der Waals surface area contributed by atoms with Gasteiger partial charge in [-0.3, -0.25) is 0 Å². The second-order valence-corrected chi connectivity index (χ2v) is 2.18. The van der Waals surface area contributed by atoms with E-state index in [0.29, 0.717) is 6.61 Å². The van der Waals surface area contributed by atoms with Gasteiger partial charge >= 0.3 is 0 Å². The van der Waals surface area contributed by atoms with Gasteiger partial charge < -0.3 is 4.74 Å². The number of nitrogens with zero attached hydrogens (tertiary/aromatic N) is 2. The molecule has 3 heteroatoms. The van der Waals surface area contributed by atoms with Gasteiger partial charge in [-0.1, -0.05) is 0 Å². The summed E-state index contributed by atoms with van der Waals surface area (Å²) in [6.45, 7) is 4.60. The summed E-state index contributed by atoms with van der Waals surface area (Å²) in [6, 6.07) is 1.92. The third-order valence-electron chi connectivity index (χ3n) is 1.25. The molecule has 0 aliphatic carbocycles. The number of aromatic nitrogens is 2. The van der Waals surface area contributed by atoms with Gasteiger partial charge in [0.25, 0.3) is 0 Å². The maximum Gasteiger partial charge on any atom is 0.211 e. The van der Waals surface area contributed by atoms with Gasteiger partial charge in [-0.15, -0.1) is 0 Å². The highest BCUT2D eigenvalue weighted by atomic mass is 16.5. The Morgan fingerprint density at radius 2 is 2.40 bits per heavy atom. The highest BCUT2D eigenvalue weighted by Gasteiger charge is 1.99. The fraction of sp³-hybridized carbons (Fsp3) is 0.571. The van der Waals surface area contributed by atoms with Crippen LogP contribution in [0, 0.1) is 6.92 Å². The van der Waals surface area contributed by atoms with Crippen LogP contribution in [0.2, 0.25) is 0 Å². The van der Waals surface area contributed by atoms with Crippen molar-refractivity contribution in [3.63, 3.8) is 0 Å². The van der Waals surface area contributed by atoms with E-state index < -0.39 is 0 Å². The van der Waals surface area contributed by atoms with Crippen LogP contribution in [0.3, 0.4) is 0 Å². The van der Waals surface area contributed by atoms with Gasteiger partial charge in [0, 0.05) is 13.1 Å². The van der Waals surface area contributed by atoms with Crippen molar-refractivity contribution in [2.24, 2.45) is 7.05 Å². The lowest BCUT2D eigenvalue weighted by atomic mass is 10.5. The lowest BCUT2D eigenvalue weighted by Crippen LogP contribution is -1.98. The molecule has 10 heavy (non-hydrogen) atoms. The summed E-state index contributed by atoms with van der Waals surface area (Å²) in [5.41, 5.74) is 0.992. The Bertz CT molecular complexity index is 217. The fourth-order valence-corrected chi connectivity index (χ4v) is 0.870. The molecule has 0 saturated heterocycles. The quantitative estimate of drug-likeness (QED) is 0.615. The van der Waals surface area contributed by atoms with Gasteiger partial charge in [-0.2, -0.15) is 5.10 Å². The average Bonchev–Trinajstić information content (AvgIpc) is 2.13. The molecular formula is C7H12N2O. The summed E-state index contributed by atoms with van der Waals surface area (Å²) in [6.07, 6.45) is 0. The molecule has 0 N–H and O–H groups in total. The topological polar surface area (TPSA) is 27.1 Å². The number of ether oxygens (including phenoxy) is 1. The van der Waals surface area contributed by atoms with Gasteiger partial charge in [0.15, 0.2) is 0 Å². The van der Waals surface area contributed by atoms with Crippen molar-refractivity contribution >= 4 is 0 Å². The minimum Gasteiger partial charge on any atom is -0.478 e. The largest absolute Gasteiger partial charge is 0.478 e. The zero-order valence-electron chi connectivity index (χ0n) is 6.59. The molecule has 0 spiro atoms. The molecule has 1 aromatic rings. The minimum atomic E-state index is 0.693. The van der Waals surface area contributed by atoms with E-state index in [-0.39, 0.29) is 0 Å². The molecular weight excluding hydrogens is 128 g/mol. The van der Waals surface area contributed by atoms with E-state index in [4.69, 9.17) is 4.74 Å². The lowest BCUT2D eigenvalue weighted by Gasteiger charge is -1.99. The van der Waals surface area contributed by atoms with Gasteiger partial charge in [-0.25, -0.2) is 4.68 Å². The molecule has 0 amide bonds. The monoisotopic (exact) mass is 140 g/mol. The second kappa shape index (κ2) is 2.73. The van der Waals surface area contributed by atoms with Gasteiger partial charge in [0.05, 0.1) is 12.3 Å². The van der Waals surface area contributed by atoms with E-state index in [1.54, 1.807) is 4.68 Å². The number of hydrogen-bond acceptors (Lipinski definition) is 2. The molecule has 0 radical (unpaired) electrons. The van der Waals surface area contributed by atoms with Crippen LogP contribution in [-0.4, -0.2) is 16.4 Å². The van der Waals surface area contributed by atoms with Crippen molar-refractivity contribution < 1.29 is 4.74 Å². The van der Waals surface area contributed by atoms with E-state index in [1.165, 1.54) is 0 Å². The predicted octanol–water partition coefficient (Wildman–Crippen LogP) is 1.13. The highest BCUT2D eigenvalue weighted by molar-refractivity contribution is 5.14. The Kier molecular flexibility index (Phi) is 1.94. The van der Waals surface area contributed by atoms with E-state index in [1.807, 2.05) is 27.0 Å². The first-order chi connectivity index (χ1) is 4.74. The Labute approximate surface area is 60.6 Å². The Morgan fingerprint density at radius 1 is 1.70 bits per heavy atom. The number of rotatable bonds is 2. The maximum absolute atomic E-state index is 5.26. The first-order valence-corrected chi connectivity index (χ1v) is 3.37. The molecule has 0 atom stereocenters.